The minimum Gasteiger partial charge on any atom is -0.316 e. The normalized spacial score (nSPS) is 24.4. The molecule has 3 nitrogen and oxygen atoms in total. The van der Waals surface area contributed by atoms with Crippen LogP contribution in [0.4, 0.5) is 0 Å². The molecule has 1 aliphatic carbocycles. The van der Waals surface area contributed by atoms with Gasteiger partial charge in [-0.2, -0.15) is 5.10 Å². The Balaban J connectivity index is 1.97. The van der Waals surface area contributed by atoms with Gasteiger partial charge in [0.25, 0.3) is 0 Å². The predicted octanol–water partition coefficient (Wildman–Crippen LogP) is 3.81. The Kier molecular flexibility index (Phi) is 5.64. The number of nitrogens with zero attached hydrogens (tertiary/aromatic N) is 2. The van der Waals surface area contributed by atoms with Crippen molar-refractivity contribution < 1.29 is 0 Å². The number of nitrogens with one attached hydrogen (secondary N) is 1. The number of hydrogen-bond acceptors (Lipinski definition) is 2. The largest absolute Gasteiger partial charge is 0.316 e. The summed E-state index contributed by atoms with van der Waals surface area (Å²) in [6, 6.07) is 3.36. The van der Waals surface area contributed by atoms with Crippen molar-refractivity contribution in [3.63, 3.8) is 0 Å². The Hall–Kier alpha value is -0.830. The number of likely N-dealkylation sites (N-methyl/N-ethyl adjacent to an activating group) is 1. The van der Waals surface area contributed by atoms with Gasteiger partial charge < -0.3 is 5.32 Å². The molecule has 0 saturated heterocycles. The van der Waals surface area contributed by atoms with E-state index in [1.165, 1.54) is 25.0 Å². The lowest BCUT2D eigenvalue weighted by molar-refractivity contribution is 0.361. The summed E-state index contributed by atoms with van der Waals surface area (Å²) in [6.07, 6.45) is 9.70. The summed E-state index contributed by atoms with van der Waals surface area (Å²) in [5, 5.41) is 8.34. The van der Waals surface area contributed by atoms with Crippen LogP contribution < -0.4 is 5.32 Å². The Morgan fingerprint density at radius 1 is 1.35 bits per heavy atom. The molecule has 1 aliphatic rings. The molecule has 0 aromatic carbocycles. The van der Waals surface area contributed by atoms with Gasteiger partial charge in [0.15, 0.2) is 0 Å². The highest BCUT2D eigenvalue weighted by Gasteiger charge is 2.28. The molecule has 3 heteroatoms. The third kappa shape index (κ3) is 3.63. The summed E-state index contributed by atoms with van der Waals surface area (Å²) in [5.41, 5.74) is 1.25. The maximum atomic E-state index is 4.81. The van der Waals surface area contributed by atoms with Crippen LogP contribution in [-0.4, -0.2) is 22.9 Å². The summed E-state index contributed by atoms with van der Waals surface area (Å²) < 4.78 is 2.17. The third-order valence-corrected chi connectivity index (χ3v) is 5.08. The van der Waals surface area contributed by atoms with Gasteiger partial charge in [0.05, 0.1) is 11.7 Å². The van der Waals surface area contributed by atoms with Crippen LogP contribution in [0.1, 0.15) is 64.6 Å². The molecule has 3 unspecified atom stereocenters. The average molecular weight is 277 g/mol. The van der Waals surface area contributed by atoms with E-state index in [1.807, 2.05) is 0 Å². The van der Waals surface area contributed by atoms with Gasteiger partial charge in [0.1, 0.15) is 0 Å². The van der Waals surface area contributed by atoms with E-state index in [1.54, 1.807) is 0 Å². The minimum atomic E-state index is 0.559. The summed E-state index contributed by atoms with van der Waals surface area (Å²) >= 11 is 0. The van der Waals surface area contributed by atoms with Crippen LogP contribution in [0.5, 0.6) is 0 Å². The van der Waals surface area contributed by atoms with Crippen molar-refractivity contribution in [1.82, 2.24) is 15.1 Å². The molecule has 1 N–H and O–H groups in total. The van der Waals surface area contributed by atoms with E-state index in [-0.39, 0.29) is 0 Å². The average Bonchev–Trinajstić information content (AvgIpc) is 3.07. The van der Waals surface area contributed by atoms with Crippen molar-refractivity contribution in [2.45, 2.75) is 71.4 Å². The van der Waals surface area contributed by atoms with Gasteiger partial charge in [-0.1, -0.05) is 27.2 Å². The first-order valence-corrected chi connectivity index (χ1v) is 8.39. The highest BCUT2D eigenvalue weighted by molar-refractivity contribution is 5.03. The minimum absolute atomic E-state index is 0.559. The van der Waals surface area contributed by atoms with Crippen molar-refractivity contribution >= 4 is 0 Å². The van der Waals surface area contributed by atoms with Crippen LogP contribution >= 0.6 is 0 Å². The second-order valence-electron chi connectivity index (χ2n) is 6.54. The van der Waals surface area contributed by atoms with E-state index in [0.717, 1.165) is 31.1 Å². The van der Waals surface area contributed by atoms with Gasteiger partial charge in [0.2, 0.25) is 0 Å². The zero-order chi connectivity index (χ0) is 14.5. The van der Waals surface area contributed by atoms with E-state index in [9.17, 15) is 0 Å². The van der Waals surface area contributed by atoms with Gasteiger partial charge in [-0.3, -0.25) is 4.68 Å². The van der Waals surface area contributed by atoms with Crippen LogP contribution in [0.3, 0.4) is 0 Å². The van der Waals surface area contributed by atoms with Crippen molar-refractivity contribution in [3.05, 3.63) is 18.0 Å². The quantitative estimate of drug-likeness (QED) is 0.821. The van der Waals surface area contributed by atoms with Gasteiger partial charge in [0, 0.05) is 18.7 Å². The van der Waals surface area contributed by atoms with Gasteiger partial charge in [-0.05, 0) is 50.6 Å². The number of aromatic nitrogens is 2. The number of rotatable bonds is 7. The maximum absolute atomic E-state index is 4.81. The van der Waals surface area contributed by atoms with Crippen LogP contribution in [0.25, 0.3) is 0 Å². The molecule has 1 aromatic heterocycles. The highest BCUT2D eigenvalue weighted by Crippen LogP contribution is 2.33. The molecule has 1 heterocycles. The van der Waals surface area contributed by atoms with Crippen molar-refractivity contribution in [2.75, 3.05) is 7.05 Å². The van der Waals surface area contributed by atoms with Crippen LogP contribution in [-0.2, 0) is 6.42 Å². The fraction of sp³-hybridized carbons (Fsp3) is 0.824. The third-order valence-electron chi connectivity index (χ3n) is 5.08. The lowest BCUT2D eigenvalue weighted by atomic mass is 9.93. The Bertz CT molecular complexity index is 395. The van der Waals surface area contributed by atoms with E-state index in [4.69, 9.17) is 5.10 Å². The molecular formula is C17H31N3. The Morgan fingerprint density at radius 2 is 2.10 bits per heavy atom. The van der Waals surface area contributed by atoms with Gasteiger partial charge >= 0.3 is 0 Å². The molecule has 1 fully saturated rings. The Morgan fingerprint density at radius 3 is 2.65 bits per heavy atom. The first-order chi connectivity index (χ1) is 9.67. The highest BCUT2D eigenvalue weighted by atomic mass is 15.3. The monoisotopic (exact) mass is 277 g/mol. The van der Waals surface area contributed by atoms with E-state index >= 15 is 0 Å². The molecule has 3 atom stereocenters. The fourth-order valence-electron chi connectivity index (χ4n) is 3.70. The summed E-state index contributed by atoms with van der Waals surface area (Å²) in [7, 11) is 2.10. The second kappa shape index (κ2) is 7.26. The fourth-order valence-corrected chi connectivity index (χ4v) is 3.70. The molecule has 0 aliphatic heterocycles. The van der Waals surface area contributed by atoms with Crippen LogP contribution in [0, 0.1) is 11.8 Å². The molecule has 1 aromatic rings. The molecule has 0 radical (unpaired) electrons. The molecule has 2 rings (SSSR count). The van der Waals surface area contributed by atoms with Gasteiger partial charge in [-0.25, -0.2) is 0 Å². The molecule has 0 spiro atoms. The predicted molar refractivity (Wildman–Crippen MR) is 84.9 cm³/mol. The topological polar surface area (TPSA) is 29.9 Å². The van der Waals surface area contributed by atoms with E-state index in [0.29, 0.717) is 12.1 Å². The molecular weight excluding hydrogens is 246 g/mol. The van der Waals surface area contributed by atoms with Crippen LogP contribution in [0.15, 0.2) is 12.3 Å². The SMILES string of the molecule is CCC(CC)n1ccc(CC(NC)C2CCC(C)C2)n1. The molecule has 1 saturated carbocycles. The zero-order valence-electron chi connectivity index (χ0n) is 13.6. The van der Waals surface area contributed by atoms with Crippen molar-refractivity contribution in [2.24, 2.45) is 11.8 Å². The summed E-state index contributed by atoms with van der Waals surface area (Å²) in [6.45, 7) is 6.87. The van der Waals surface area contributed by atoms with Crippen molar-refractivity contribution in [3.8, 4) is 0 Å². The first-order valence-electron chi connectivity index (χ1n) is 8.39. The summed E-state index contributed by atoms with van der Waals surface area (Å²) in [4.78, 5) is 0. The van der Waals surface area contributed by atoms with Crippen LogP contribution in [0.2, 0.25) is 0 Å². The van der Waals surface area contributed by atoms with Gasteiger partial charge in [-0.15, -0.1) is 0 Å². The van der Waals surface area contributed by atoms with Crippen molar-refractivity contribution in [1.29, 1.82) is 0 Å². The lowest BCUT2D eigenvalue weighted by Crippen LogP contribution is -2.34. The molecule has 0 bridgehead atoms. The van der Waals surface area contributed by atoms with E-state index < -0.39 is 0 Å². The standard InChI is InChI=1S/C17H31N3/c1-5-16(6-2)20-10-9-15(19-20)12-17(18-4)14-8-7-13(3)11-14/h9-10,13-14,16-18H,5-8,11-12H2,1-4H3. The lowest BCUT2D eigenvalue weighted by Gasteiger charge is -2.22. The second-order valence-corrected chi connectivity index (χ2v) is 6.54. The van der Waals surface area contributed by atoms with E-state index in [2.05, 4.69) is 50.1 Å². The summed E-state index contributed by atoms with van der Waals surface area (Å²) in [5.74, 6) is 1.73. The Labute approximate surface area is 124 Å². The smallest absolute Gasteiger partial charge is 0.0640 e. The molecule has 114 valence electrons. The first kappa shape index (κ1) is 15.6. The number of hydrogen-bond donors (Lipinski definition) is 1. The maximum Gasteiger partial charge on any atom is 0.0640 e. The molecule has 0 amide bonds. The molecule has 20 heavy (non-hydrogen) atoms. The zero-order valence-corrected chi connectivity index (χ0v) is 13.6.